The zero-order chi connectivity index (χ0) is 12.1. The first-order chi connectivity index (χ1) is 7.49. The van der Waals surface area contributed by atoms with Gasteiger partial charge < -0.3 is 14.6 Å². The molecule has 0 unspecified atom stereocenters. The van der Waals surface area contributed by atoms with Crippen LogP contribution in [0.2, 0.25) is 0 Å². The molecule has 1 aromatic heterocycles. The maximum Gasteiger partial charge on any atom is 0.233 e. The molecule has 1 N–H and O–H groups in total. The van der Waals surface area contributed by atoms with E-state index in [4.69, 9.17) is 9.47 Å². The number of nitrogens with zero attached hydrogens (tertiary/aromatic N) is 2. The second-order valence-electron chi connectivity index (χ2n) is 4.09. The first-order valence-corrected chi connectivity index (χ1v) is 5.42. The van der Waals surface area contributed by atoms with E-state index in [-0.39, 0.29) is 19.3 Å². The van der Waals surface area contributed by atoms with Crippen molar-refractivity contribution in [2.45, 2.75) is 33.0 Å². The minimum atomic E-state index is -0.621. The number of rotatable bonds is 6. The fourth-order valence-corrected chi connectivity index (χ4v) is 1.13. The van der Waals surface area contributed by atoms with Gasteiger partial charge in [0.25, 0.3) is 0 Å². The van der Waals surface area contributed by atoms with Crippen molar-refractivity contribution in [2.75, 3.05) is 13.2 Å². The van der Waals surface area contributed by atoms with Crippen LogP contribution in [0.1, 0.15) is 19.5 Å². The van der Waals surface area contributed by atoms with E-state index in [2.05, 4.69) is 5.10 Å². The number of ether oxygens (including phenoxy) is 2. The molecule has 0 bridgehead atoms. The quantitative estimate of drug-likeness (QED) is 0.785. The molecular formula is C11H20N2O3. The Hall–Kier alpha value is -1.07. The summed E-state index contributed by atoms with van der Waals surface area (Å²) < 4.78 is 12.3. The topological polar surface area (TPSA) is 56.5 Å². The molecule has 5 nitrogen and oxygen atoms in total. The Bertz CT molecular complexity index is 304. The van der Waals surface area contributed by atoms with E-state index in [1.54, 1.807) is 4.68 Å². The summed E-state index contributed by atoms with van der Waals surface area (Å²) in [6.45, 7) is 6.27. The number of aliphatic hydroxyl groups excluding tert-OH is 1. The highest BCUT2D eigenvalue weighted by molar-refractivity contribution is 5.13. The molecule has 16 heavy (non-hydrogen) atoms. The van der Waals surface area contributed by atoms with Gasteiger partial charge in [-0.05, 0) is 20.8 Å². The summed E-state index contributed by atoms with van der Waals surface area (Å²) in [6, 6.07) is 1.83. The van der Waals surface area contributed by atoms with Gasteiger partial charge in [0, 0.05) is 18.8 Å². The summed E-state index contributed by atoms with van der Waals surface area (Å²) in [5, 5.41) is 13.7. The van der Waals surface area contributed by atoms with Gasteiger partial charge in [-0.2, -0.15) is 0 Å². The smallest absolute Gasteiger partial charge is 0.233 e. The SMILES string of the molecule is Cc1cc(OC[C@H](O)COC(C)C)nn1C. The van der Waals surface area contributed by atoms with Crippen LogP contribution in [0.25, 0.3) is 0 Å². The lowest BCUT2D eigenvalue weighted by molar-refractivity contribution is -0.0129. The number of aryl methyl sites for hydroxylation is 2. The molecule has 0 aliphatic rings. The lowest BCUT2D eigenvalue weighted by atomic mass is 10.4. The van der Waals surface area contributed by atoms with Crippen molar-refractivity contribution in [1.82, 2.24) is 9.78 Å². The third kappa shape index (κ3) is 4.20. The standard InChI is InChI=1S/C11H20N2O3/c1-8(2)15-6-10(14)7-16-11-5-9(3)13(4)12-11/h5,8,10,14H,6-7H2,1-4H3/t10-/m1/s1. The number of hydrogen-bond donors (Lipinski definition) is 1. The summed E-state index contributed by atoms with van der Waals surface area (Å²) in [5.74, 6) is 0.531. The summed E-state index contributed by atoms with van der Waals surface area (Å²) in [4.78, 5) is 0. The van der Waals surface area contributed by atoms with E-state index in [9.17, 15) is 5.11 Å². The van der Waals surface area contributed by atoms with Gasteiger partial charge in [-0.3, -0.25) is 4.68 Å². The van der Waals surface area contributed by atoms with Crippen LogP contribution < -0.4 is 4.74 Å². The highest BCUT2D eigenvalue weighted by Gasteiger charge is 2.08. The minimum absolute atomic E-state index is 0.117. The molecule has 1 atom stereocenters. The van der Waals surface area contributed by atoms with Crippen LogP contribution in [0.4, 0.5) is 0 Å². The van der Waals surface area contributed by atoms with Gasteiger partial charge in [0.05, 0.1) is 12.7 Å². The summed E-state index contributed by atoms with van der Waals surface area (Å²) in [5.41, 5.74) is 1.02. The highest BCUT2D eigenvalue weighted by atomic mass is 16.5. The second-order valence-corrected chi connectivity index (χ2v) is 4.09. The summed E-state index contributed by atoms with van der Waals surface area (Å²) in [7, 11) is 1.85. The Balaban J connectivity index is 2.28. The average Bonchev–Trinajstić information content (AvgIpc) is 2.52. The fraction of sp³-hybridized carbons (Fsp3) is 0.727. The summed E-state index contributed by atoms with van der Waals surface area (Å²) in [6.07, 6.45) is -0.503. The zero-order valence-electron chi connectivity index (χ0n) is 10.3. The highest BCUT2D eigenvalue weighted by Crippen LogP contribution is 2.09. The molecule has 92 valence electrons. The molecular weight excluding hydrogens is 208 g/mol. The zero-order valence-corrected chi connectivity index (χ0v) is 10.3. The van der Waals surface area contributed by atoms with Crippen LogP contribution in [0.15, 0.2) is 6.07 Å². The van der Waals surface area contributed by atoms with E-state index >= 15 is 0 Å². The molecule has 0 aliphatic heterocycles. The van der Waals surface area contributed by atoms with Gasteiger partial charge in [-0.25, -0.2) is 0 Å². The van der Waals surface area contributed by atoms with Crippen molar-refractivity contribution in [3.8, 4) is 5.88 Å². The molecule has 0 aromatic carbocycles. The molecule has 0 fully saturated rings. The van der Waals surface area contributed by atoms with Crippen LogP contribution in [0, 0.1) is 6.92 Å². The maximum absolute atomic E-state index is 9.55. The van der Waals surface area contributed by atoms with Crippen molar-refractivity contribution in [1.29, 1.82) is 0 Å². The Labute approximate surface area is 96.0 Å². The van der Waals surface area contributed by atoms with Gasteiger partial charge in [-0.15, -0.1) is 5.10 Å². The van der Waals surface area contributed by atoms with Crippen molar-refractivity contribution in [3.05, 3.63) is 11.8 Å². The maximum atomic E-state index is 9.55. The molecule has 0 saturated heterocycles. The molecule has 0 amide bonds. The molecule has 1 rings (SSSR count). The van der Waals surface area contributed by atoms with Crippen LogP contribution in [0.5, 0.6) is 5.88 Å². The van der Waals surface area contributed by atoms with Gasteiger partial charge in [0.1, 0.15) is 12.7 Å². The predicted octanol–water partition coefficient (Wildman–Crippen LogP) is 0.893. The van der Waals surface area contributed by atoms with Crippen molar-refractivity contribution in [2.24, 2.45) is 7.05 Å². The molecule has 1 heterocycles. The van der Waals surface area contributed by atoms with Crippen molar-refractivity contribution < 1.29 is 14.6 Å². The molecule has 0 aliphatic carbocycles. The first-order valence-electron chi connectivity index (χ1n) is 5.42. The molecule has 5 heteroatoms. The fourth-order valence-electron chi connectivity index (χ4n) is 1.13. The van der Waals surface area contributed by atoms with Crippen molar-refractivity contribution >= 4 is 0 Å². The first kappa shape index (κ1) is 13.0. The largest absolute Gasteiger partial charge is 0.474 e. The molecule has 0 radical (unpaired) electrons. The van der Waals surface area contributed by atoms with E-state index < -0.39 is 6.10 Å². The monoisotopic (exact) mass is 228 g/mol. The Kier molecular flexibility index (Phi) is 4.76. The van der Waals surface area contributed by atoms with Crippen LogP contribution in [-0.4, -0.2) is 40.3 Å². The van der Waals surface area contributed by atoms with Crippen LogP contribution >= 0.6 is 0 Å². The van der Waals surface area contributed by atoms with Gasteiger partial charge in [-0.1, -0.05) is 0 Å². The Morgan fingerprint density at radius 1 is 1.44 bits per heavy atom. The molecule has 0 spiro atoms. The van der Waals surface area contributed by atoms with Crippen molar-refractivity contribution in [3.63, 3.8) is 0 Å². The van der Waals surface area contributed by atoms with Crippen LogP contribution in [-0.2, 0) is 11.8 Å². The Morgan fingerprint density at radius 2 is 2.12 bits per heavy atom. The normalized spacial score (nSPS) is 13.1. The third-order valence-corrected chi connectivity index (χ3v) is 2.14. The van der Waals surface area contributed by atoms with E-state index in [0.29, 0.717) is 5.88 Å². The molecule has 1 aromatic rings. The van der Waals surface area contributed by atoms with Crippen LogP contribution in [0.3, 0.4) is 0 Å². The van der Waals surface area contributed by atoms with E-state index in [1.807, 2.05) is 33.9 Å². The Morgan fingerprint density at radius 3 is 2.62 bits per heavy atom. The second kappa shape index (κ2) is 5.86. The van der Waals surface area contributed by atoms with Gasteiger partial charge in [0.2, 0.25) is 5.88 Å². The van der Waals surface area contributed by atoms with E-state index in [0.717, 1.165) is 5.69 Å². The minimum Gasteiger partial charge on any atom is -0.474 e. The van der Waals surface area contributed by atoms with E-state index in [1.165, 1.54) is 0 Å². The van der Waals surface area contributed by atoms with Gasteiger partial charge >= 0.3 is 0 Å². The lowest BCUT2D eigenvalue weighted by Crippen LogP contribution is -2.25. The number of aromatic nitrogens is 2. The predicted molar refractivity (Wildman–Crippen MR) is 60.5 cm³/mol. The lowest BCUT2D eigenvalue weighted by Gasteiger charge is -2.13. The number of hydrogen-bond acceptors (Lipinski definition) is 4. The summed E-state index contributed by atoms with van der Waals surface area (Å²) >= 11 is 0. The third-order valence-electron chi connectivity index (χ3n) is 2.14. The van der Waals surface area contributed by atoms with Gasteiger partial charge in [0.15, 0.2) is 0 Å². The number of aliphatic hydroxyl groups is 1. The molecule has 0 saturated carbocycles. The average molecular weight is 228 g/mol.